The molecule has 8 heteroatoms. The van der Waals surface area contributed by atoms with E-state index in [1.807, 2.05) is 24.3 Å². The van der Waals surface area contributed by atoms with Crippen LogP contribution in [0.4, 0.5) is 0 Å². The van der Waals surface area contributed by atoms with E-state index in [1.54, 1.807) is 0 Å². The topological polar surface area (TPSA) is 112 Å². The largest absolute Gasteiger partial charge is 0.369 e. The summed E-state index contributed by atoms with van der Waals surface area (Å²) in [6.45, 7) is 0. The minimum Gasteiger partial charge on any atom is -0.369 e. The Bertz CT molecular complexity index is 606. The highest BCUT2D eigenvalue weighted by atomic mass is 32.2. The molecule has 104 valence electrons. The molecule has 20 heavy (non-hydrogen) atoms. The minimum absolute atomic E-state index is 0.108. The monoisotopic (exact) mass is 308 g/mol. The number of rotatable bonds is 6. The summed E-state index contributed by atoms with van der Waals surface area (Å²) in [5, 5.41) is 1.16. The number of hydrogen-bond acceptors (Lipinski definition) is 6. The number of nitrogens with two attached hydrogens (primary N) is 2. The first kappa shape index (κ1) is 14.6. The lowest BCUT2D eigenvalue weighted by molar-refractivity contribution is -0.116. The van der Waals surface area contributed by atoms with Crippen molar-refractivity contribution in [2.24, 2.45) is 11.5 Å². The number of hydrogen-bond donors (Lipinski definition) is 2. The van der Waals surface area contributed by atoms with Crippen LogP contribution in [0.15, 0.2) is 34.3 Å². The van der Waals surface area contributed by atoms with Gasteiger partial charge in [-0.3, -0.25) is 9.59 Å². The van der Waals surface area contributed by atoms with Crippen LogP contribution >= 0.6 is 23.5 Å². The lowest BCUT2D eigenvalue weighted by Crippen LogP contribution is -2.14. The van der Waals surface area contributed by atoms with Gasteiger partial charge in [0.15, 0.2) is 0 Å². The molecule has 1 heterocycles. The Kier molecular flexibility index (Phi) is 4.80. The number of amides is 2. The summed E-state index contributed by atoms with van der Waals surface area (Å²) in [4.78, 5) is 30.7. The van der Waals surface area contributed by atoms with Crippen molar-refractivity contribution in [1.82, 2.24) is 9.97 Å². The fourth-order valence-electron chi connectivity index (χ4n) is 1.43. The van der Waals surface area contributed by atoms with Crippen LogP contribution < -0.4 is 11.5 Å². The molecule has 6 nitrogen and oxygen atoms in total. The second kappa shape index (κ2) is 6.58. The molecule has 0 aliphatic rings. The normalized spacial score (nSPS) is 10.6. The number of primary amides is 2. The molecule has 2 rings (SSSR count). The fourth-order valence-corrected chi connectivity index (χ4v) is 3.01. The fraction of sp³-hybridized carbons (Fsp3) is 0.167. The van der Waals surface area contributed by atoms with E-state index in [0.717, 1.165) is 11.0 Å². The number of fused-ring (bicyclic) bond motifs is 1. The van der Waals surface area contributed by atoms with Gasteiger partial charge in [0.25, 0.3) is 0 Å². The van der Waals surface area contributed by atoms with Crippen LogP contribution in [-0.4, -0.2) is 33.3 Å². The van der Waals surface area contributed by atoms with Crippen LogP contribution in [0.1, 0.15) is 0 Å². The van der Waals surface area contributed by atoms with Gasteiger partial charge in [0, 0.05) is 0 Å². The molecule has 0 spiro atoms. The molecule has 1 aromatic carbocycles. The highest BCUT2D eigenvalue weighted by molar-refractivity contribution is 8.02. The molecule has 0 radical (unpaired) electrons. The Labute approximate surface area is 123 Å². The summed E-state index contributed by atoms with van der Waals surface area (Å²) in [5.74, 6) is -0.652. The van der Waals surface area contributed by atoms with E-state index in [-0.39, 0.29) is 11.5 Å². The zero-order valence-electron chi connectivity index (χ0n) is 10.4. The molecule has 0 aliphatic heterocycles. The third-order valence-corrected chi connectivity index (χ3v) is 4.31. The number of aromatic nitrogens is 2. The van der Waals surface area contributed by atoms with Crippen molar-refractivity contribution in [3.8, 4) is 0 Å². The van der Waals surface area contributed by atoms with Crippen molar-refractivity contribution in [2.75, 3.05) is 11.5 Å². The van der Waals surface area contributed by atoms with Crippen molar-refractivity contribution >= 4 is 46.4 Å². The molecule has 2 aromatic rings. The SMILES string of the molecule is NC(=O)CSc1nc2ccccc2nc1SCC(N)=O. The molecular formula is C12H12N4O2S2. The van der Waals surface area contributed by atoms with Crippen molar-refractivity contribution in [3.63, 3.8) is 0 Å². The Morgan fingerprint density at radius 3 is 1.65 bits per heavy atom. The van der Waals surface area contributed by atoms with Crippen LogP contribution in [-0.2, 0) is 9.59 Å². The van der Waals surface area contributed by atoms with E-state index in [9.17, 15) is 9.59 Å². The van der Waals surface area contributed by atoms with E-state index < -0.39 is 11.8 Å². The number of thioether (sulfide) groups is 2. The van der Waals surface area contributed by atoms with Crippen LogP contribution in [0, 0.1) is 0 Å². The Morgan fingerprint density at radius 1 is 0.900 bits per heavy atom. The van der Waals surface area contributed by atoms with Gasteiger partial charge in [0.05, 0.1) is 22.5 Å². The van der Waals surface area contributed by atoms with Gasteiger partial charge in [0.1, 0.15) is 10.1 Å². The summed E-state index contributed by atoms with van der Waals surface area (Å²) in [7, 11) is 0. The van der Waals surface area contributed by atoms with E-state index in [2.05, 4.69) is 9.97 Å². The number of para-hydroxylation sites is 2. The first-order valence-electron chi connectivity index (χ1n) is 5.65. The van der Waals surface area contributed by atoms with Crippen LogP contribution in [0.3, 0.4) is 0 Å². The molecule has 0 saturated heterocycles. The molecule has 0 saturated carbocycles. The number of nitrogens with zero attached hydrogens (tertiary/aromatic N) is 2. The summed E-state index contributed by atoms with van der Waals surface area (Å²) in [6.07, 6.45) is 0. The van der Waals surface area contributed by atoms with Gasteiger partial charge in [0.2, 0.25) is 11.8 Å². The van der Waals surface area contributed by atoms with Crippen LogP contribution in [0.2, 0.25) is 0 Å². The average Bonchev–Trinajstić information content (AvgIpc) is 2.42. The van der Waals surface area contributed by atoms with Gasteiger partial charge in [-0.2, -0.15) is 0 Å². The maximum Gasteiger partial charge on any atom is 0.227 e. The Hall–Kier alpha value is -1.80. The second-order valence-corrected chi connectivity index (χ2v) is 5.76. The van der Waals surface area contributed by atoms with Gasteiger partial charge in [-0.05, 0) is 12.1 Å². The standard InChI is InChI=1S/C12H12N4O2S2/c13-9(17)5-19-11-12(20-6-10(14)18)16-8-4-2-1-3-7(8)15-11/h1-4H,5-6H2,(H2,13,17)(H2,14,18). The molecule has 0 fully saturated rings. The quantitative estimate of drug-likeness (QED) is 0.763. The van der Waals surface area contributed by atoms with Crippen LogP contribution in [0.25, 0.3) is 11.0 Å². The summed E-state index contributed by atoms with van der Waals surface area (Å²) >= 11 is 2.40. The van der Waals surface area contributed by atoms with Crippen molar-refractivity contribution < 1.29 is 9.59 Å². The predicted octanol–water partition coefficient (Wildman–Crippen LogP) is 0.785. The lowest BCUT2D eigenvalue weighted by Gasteiger charge is -2.07. The van der Waals surface area contributed by atoms with E-state index in [4.69, 9.17) is 11.5 Å². The van der Waals surface area contributed by atoms with Gasteiger partial charge >= 0.3 is 0 Å². The molecule has 0 aliphatic carbocycles. The Balaban J connectivity index is 2.35. The van der Waals surface area contributed by atoms with Crippen molar-refractivity contribution in [2.45, 2.75) is 10.1 Å². The predicted molar refractivity (Wildman–Crippen MR) is 79.4 cm³/mol. The second-order valence-electron chi connectivity index (χ2n) is 3.83. The maximum atomic E-state index is 10.9. The molecule has 2 amide bonds. The number of carbonyl (C=O) groups is 2. The highest BCUT2D eigenvalue weighted by Crippen LogP contribution is 2.29. The molecular weight excluding hydrogens is 296 g/mol. The number of benzene rings is 1. The summed E-state index contributed by atoms with van der Waals surface area (Å²) in [6, 6.07) is 7.38. The smallest absolute Gasteiger partial charge is 0.227 e. The van der Waals surface area contributed by atoms with Crippen molar-refractivity contribution in [3.05, 3.63) is 24.3 Å². The van der Waals surface area contributed by atoms with Gasteiger partial charge < -0.3 is 11.5 Å². The van der Waals surface area contributed by atoms with Crippen molar-refractivity contribution in [1.29, 1.82) is 0 Å². The first-order chi connectivity index (χ1) is 9.56. The van der Waals surface area contributed by atoms with Gasteiger partial charge in [-0.15, -0.1) is 0 Å². The summed E-state index contributed by atoms with van der Waals surface area (Å²) < 4.78 is 0. The first-order valence-corrected chi connectivity index (χ1v) is 7.62. The molecule has 1 aromatic heterocycles. The van der Waals surface area contributed by atoms with Gasteiger partial charge in [-0.25, -0.2) is 9.97 Å². The molecule has 0 atom stereocenters. The third kappa shape index (κ3) is 3.84. The zero-order valence-corrected chi connectivity index (χ0v) is 12.0. The summed E-state index contributed by atoms with van der Waals surface area (Å²) in [5.41, 5.74) is 11.7. The van der Waals surface area contributed by atoms with Crippen LogP contribution in [0.5, 0.6) is 0 Å². The highest BCUT2D eigenvalue weighted by Gasteiger charge is 2.12. The van der Waals surface area contributed by atoms with E-state index in [1.165, 1.54) is 23.5 Å². The molecule has 4 N–H and O–H groups in total. The minimum atomic E-state index is -0.434. The van der Waals surface area contributed by atoms with E-state index >= 15 is 0 Å². The maximum absolute atomic E-state index is 10.9. The van der Waals surface area contributed by atoms with E-state index in [0.29, 0.717) is 10.1 Å². The Morgan fingerprint density at radius 2 is 1.30 bits per heavy atom. The molecule has 0 bridgehead atoms. The zero-order chi connectivity index (χ0) is 14.5. The lowest BCUT2D eigenvalue weighted by atomic mass is 10.3. The third-order valence-electron chi connectivity index (χ3n) is 2.21. The average molecular weight is 308 g/mol. The van der Waals surface area contributed by atoms with Gasteiger partial charge in [-0.1, -0.05) is 35.7 Å². The molecule has 0 unspecified atom stereocenters. The number of carbonyl (C=O) groups excluding carboxylic acids is 2.